The third kappa shape index (κ3) is 4.50. The highest BCUT2D eigenvalue weighted by molar-refractivity contribution is 7.89. The van der Waals surface area contributed by atoms with E-state index in [-0.39, 0.29) is 27.7 Å². The van der Waals surface area contributed by atoms with Gasteiger partial charge in [-0.3, -0.25) is 14.3 Å². The summed E-state index contributed by atoms with van der Waals surface area (Å²) in [5.41, 5.74) is 3.06. The summed E-state index contributed by atoms with van der Waals surface area (Å²) in [5.74, 6) is -0.608. The van der Waals surface area contributed by atoms with Crippen molar-refractivity contribution in [3.63, 3.8) is 0 Å². The zero-order valence-electron chi connectivity index (χ0n) is 20.3. The number of nitrogens with zero attached hydrogens (tertiary/aromatic N) is 3. The van der Waals surface area contributed by atoms with Crippen LogP contribution in [0, 0.1) is 6.92 Å². The molecule has 8 nitrogen and oxygen atoms in total. The zero-order valence-corrected chi connectivity index (χ0v) is 21.9. The number of amides is 1. The van der Waals surface area contributed by atoms with E-state index in [1.807, 2.05) is 42.5 Å². The van der Waals surface area contributed by atoms with Gasteiger partial charge in [-0.25, -0.2) is 13.1 Å². The number of carbonyl (C=O) groups excluding carboxylic acids is 1. The number of benzene rings is 3. The number of nitrogens with one attached hydrogen (secondary N) is 1. The quantitative estimate of drug-likeness (QED) is 0.415. The number of aromatic nitrogens is 2. The van der Waals surface area contributed by atoms with Crippen LogP contribution in [0.25, 0.3) is 5.69 Å². The Hall–Kier alpha value is -3.66. The molecule has 1 amide bonds. The Bertz CT molecular complexity index is 1680. The number of rotatable bonds is 5. The lowest BCUT2D eigenvalue weighted by Gasteiger charge is -2.28. The minimum Gasteiger partial charge on any atom is -0.316 e. The monoisotopic (exact) mass is 536 g/mol. The standard InChI is InChI=1S/C27H25ClN4O4S/c1-18-25(27(34)32(30(18)2)22-10-4-3-5-11-22)29-26(33)20-12-13-23(28)24(16-20)37(35,36)31-15-14-19-8-6-7-9-21(19)17-31/h3-13,16H,14-15,17H2,1-2H3,(H,29,33). The molecule has 1 aliphatic rings. The summed E-state index contributed by atoms with van der Waals surface area (Å²) >= 11 is 6.31. The molecular formula is C27H25ClN4O4S. The first-order valence-electron chi connectivity index (χ1n) is 11.7. The Labute approximate surface area is 219 Å². The first-order chi connectivity index (χ1) is 17.7. The van der Waals surface area contributed by atoms with Crippen molar-refractivity contribution in [3.05, 3.63) is 111 Å². The van der Waals surface area contributed by atoms with Crippen molar-refractivity contribution in [1.82, 2.24) is 13.7 Å². The number of halogens is 1. The van der Waals surface area contributed by atoms with Gasteiger partial charge in [0.15, 0.2) is 0 Å². The first-order valence-corrected chi connectivity index (χ1v) is 13.5. The number of carbonyl (C=O) groups is 1. The minimum absolute atomic E-state index is 0.0257. The maximum atomic E-state index is 13.5. The number of hydrogen-bond donors (Lipinski definition) is 1. The van der Waals surface area contributed by atoms with E-state index in [0.717, 1.165) is 11.1 Å². The van der Waals surface area contributed by atoms with E-state index in [0.29, 0.717) is 24.3 Å². The second-order valence-corrected chi connectivity index (χ2v) is 11.2. The average molecular weight is 537 g/mol. The van der Waals surface area contributed by atoms with E-state index in [1.165, 1.54) is 27.2 Å². The SMILES string of the molecule is Cc1c(NC(=O)c2ccc(Cl)c(S(=O)(=O)N3CCc4ccccc4C3)c2)c(=O)n(-c2ccccc2)n1C. The van der Waals surface area contributed by atoms with Crippen LogP contribution in [0.5, 0.6) is 0 Å². The van der Waals surface area contributed by atoms with Gasteiger partial charge in [-0.1, -0.05) is 54.1 Å². The summed E-state index contributed by atoms with van der Waals surface area (Å²) < 4.78 is 31.5. The molecule has 10 heteroatoms. The van der Waals surface area contributed by atoms with E-state index >= 15 is 0 Å². The van der Waals surface area contributed by atoms with Crippen molar-refractivity contribution in [2.45, 2.75) is 24.8 Å². The molecule has 0 saturated carbocycles. The Morgan fingerprint density at radius 3 is 2.38 bits per heavy atom. The smallest absolute Gasteiger partial charge is 0.295 e. The normalized spacial score (nSPS) is 13.8. The summed E-state index contributed by atoms with van der Waals surface area (Å²) in [4.78, 5) is 26.2. The fourth-order valence-corrected chi connectivity index (χ4v) is 6.47. The molecule has 4 aromatic rings. The van der Waals surface area contributed by atoms with Crippen molar-refractivity contribution in [2.75, 3.05) is 11.9 Å². The largest absolute Gasteiger partial charge is 0.316 e. The van der Waals surface area contributed by atoms with Gasteiger partial charge in [-0.15, -0.1) is 0 Å². The molecule has 0 bridgehead atoms. The predicted octanol–water partition coefficient (Wildman–Crippen LogP) is 4.14. The van der Waals surface area contributed by atoms with Crippen molar-refractivity contribution in [3.8, 4) is 5.69 Å². The lowest BCUT2D eigenvalue weighted by atomic mass is 10.0. The Kier molecular flexibility index (Phi) is 6.53. The highest BCUT2D eigenvalue weighted by atomic mass is 35.5. The van der Waals surface area contributed by atoms with E-state index in [9.17, 15) is 18.0 Å². The summed E-state index contributed by atoms with van der Waals surface area (Å²) in [7, 11) is -2.24. The van der Waals surface area contributed by atoms with Gasteiger partial charge in [0.25, 0.3) is 11.5 Å². The summed E-state index contributed by atoms with van der Waals surface area (Å²) in [6.07, 6.45) is 0.591. The molecule has 0 aliphatic carbocycles. The van der Waals surface area contributed by atoms with Crippen LogP contribution in [0.3, 0.4) is 0 Å². The highest BCUT2D eigenvalue weighted by Crippen LogP contribution is 2.30. The van der Waals surface area contributed by atoms with Crippen LogP contribution in [0.2, 0.25) is 5.02 Å². The highest BCUT2D eigenvalue weighted by Gasteiger charge is 2.31. The molecule has 0 fully saturated rings. The molecule has 3 aromatic carbocycles. The van der Waals surface area contributed by atoms with Crippen molar-refractivity contribution in [1.29, 1.82) is 0 Å². The van der Waals surface area contributed by atoms with Crippen molar-refractivity contribution in [2.24, 2.45) is 7.05 Å². The number of fused-ring (bicyclic) bond motifs is 1. The molecule has 2 heterocycles. The molecule has 5 rings (SSSR count). The molecule has 190 valence electrons. The van der Waals surface area contributed by atoms with Gasteiger partial charge in [0, 0.05) is 25.7 Å². The van der Waals surface area contributed by atoms with Gasteiger partial charge in [0.05, 0.1) is 16.4 Å². The maximum Gasteiger partial charge on any atom is 0.295 e. The van der Waals surface area contributed by atoms with Gasteiger partial charge in [-0.2, -0.15) is 4.31 Å². The Morgan fingerprint density at radius 2 is 1.65 bits per heavy atom. The van der Waals surface area contributed by atoms with E-state index < -0.39 is 21.5 Å². The third-order valence-electron chi connectivity index (χ3n) is 6.70. The second-order valence-electron chi connectivity index (χ2n) is 8.89. The van der Waals surface area contributed by atoms with E-state index in [2.05, 4.69) is 5.32 Å². The second kappa shape index (κ2) is 9.66. The number of para-hydroxylation sites is 1. The van der Waals surface area contributed by atoms with Gasteiger partial charge in [-0.05, 0) is 54.8 Å². The topological polar surface area (TPSA) is 93.4 Å². The van der Waals surface area contributed by atoms with Crippen LogP contribution in [0.4, 0.5) is 5.69 Å². The molecule has 0 spiro atoms. The summed E-state index contributed by atoms with van der Waals surface area (Å²) in [6, 6.07) is 20.9. The molecule has 0 atom stereocenters. The summed E-state index contributed by atoms with van der Waals surface area (Å²) in [6.45, 7) is 2.27. The van der Waals surface area contributed by atoms with Gasteiger partial charge >= 0.3 is 0 Å². The van der Waals surface area contributed by atoms with Crippen LogP contribution < -0.4 is 10.9 Å². The number of anilines is 1. The van der Waals surface area contributed by atoms with Crippen LogP contribution in [0.1, 0.15) is 27.2 Å². The lowest BCUT2D eigenvalue weighted by molar-refractivity contribution is 0.102. The van der Waals surface area contributed by atoms with Gasteiger partial charge < -0.3 is 5.32 Å². The molecule has 0 radical (unpaired) electrons. The Balaban J connectivity index is 1.45. The number of sulfonamides is 1. The van der Waals surface area contributed by atoms with Crippen LogP contribution in [-0.2, 0) is 30.0 Å². The van der Waals surface area contributed by atoms with E-state index in [1.54, 1.807) is 30.8 Å². The lowest BCUT2D eigenvalue weighted by Crippen LogP contribution is -2.36. The fourth-order valence-electron chi connectivity index (χ4n) is 4.55. The zero-order chi connectivity index (χ0) is 26.3. The molecule has 0 saturated heterocycles. The van der Waals surface area contributed by atoms with E-state index in [4.69, 9.17) is 11.6 Å². The maximum absolute atomic E-state index is 13.5. The molecular weight excluding hydrogens is 512 g/mol. The minimum atomic E-state index is -3.97. The molecule has 1 aliphatic heterocycles. The Morgan fingerprint density at radius 1 is 0.973 bits per heavy atom. The number of hydrogen-bond acceptors (Lipinski definition) is 4. The third-order valence-corrected chi connectivity index (χ3v) is 9.03. The van der Waals surface area contributed by atoms with Gasteiger partial charge in [0.2, 0.25) is 10.0 Å². The van der Waals surface area contributed by atoms with Crippen molar-refractivity contribution >= 4 is 33.2 Å². The van der Waals surface area contributed by atoms with Crippen LogP contribution >= 0.6 is 11.6 Å². The predicted molar refractivity (Wildman–Crippen MR) is 143 cm³/mol. The average Bonchev–Trinajstić information content (AvgIpc) is 3.11. The molecule has 1 aromatic heterocycles. The molecule has 1 N–H and O–H groups in total. The summed E-state index contributed by atoms with van der Waals surface area (Å²) in [5, 5.41) is 2.70. The van der Waals surface area contributed by atoms with Gasteiger partial charge in [0.1, 0.15) is 10.6 Å². The van der Waals surface area contributed by atoms with Crippen LogP contribution in [0.15, 0.2) is 82.5 Å². The molecule has 0 unspecified atom stereocenters. The fraction of sp³-hybridized carbons (Fsp3) is 0.185. The van der Waals surface area contributed by atoms with Crippen molar-refractivity contribution < 1.29 is 13.2 Å². The molecule has 37 heavy (non-hydrogen) atoms. The first kappa shape index (κ1) is 25.0. The van der Waals surface area contributed by atoms with Crippen LogP contribution in [-0.4, -0.2) is 34.5 Å².